The van der Waals surface area contributed by atoms with E-state index < -0.39 is 17.9 Å². The van der Waals surface area contributed by atoms with Crippen molar-refractivity contribution in [1.82, 2.24) is 14.4 Å². The summed E-state index contributed by atoms with van der Waals surface area (Å²) in [5, 5.41) is 10.4. The van der Waals surface area contributed by atoms with Gasteiger partial charge in [0.1, 0.15) is 0 Å². The van der Waals surface area contributed by atoms with Crippen molar-refractivity contribution >= 4 is 11.9 Å². The fraction of sp³-hybridized carbons (Fsp3) is 0.519. The Labute approximate surface area is 216 Å². The van der Waals surface area contributed by atoms with Crippen molar-refractivity contribution in [2.75, 3.05) is 39.5 Å². The number of pyridine rings is 1. The van der Waals surface area contributed by atoms with Gasteiger partial charge in [-0.25, -0.2) is 0 Å². The Bertz CT molecular complexity index is 1150. The zero-order valence-corrected chi connectivity index (χ0v) is 21.3. The second-order valence-corrected chi connectivity index (χ2v) is 9.62. The van der Waals surface area contributed by atoms with Crippen molar-refractivity contribution < 1.29 is 24.2 Å². The van der Waals surface area contributed by atoms with E-state index in [0.717, 1.165) is 18.4 Å². The lowest BCUT2D eigenvalue weighted by Crippen LogP contribution is -2.46. The topological polar surface area (TPSA) is 127 Å². The Morgan fingerprint density at radius 2 is 1.97 bits per heavy atom. The largest absolute Gasteiger partial charge is 0.481 e. The van der Waals surface area contributed by atoms with Crippen LogP contribution >= 0.6 is 0 Å². The van der Waals surface area contributed by atoms with Crippen molar-refractivity contribution in [2.45, 2.75) is 44.7 Å². The minimum Gasteiger partial charge on any atom is -0.481 e. The van der Waals surface area contributed by atoms with Gasteiger partial charge < -0.3 is 29.8 Å². The molecule has 2 aliphatic heterocycles. The predicted octanol–water partition coefficient (Wildman–Crippen LogP) is 1.72. The smallest absolute Gasteiger partial charge is 0.308 e. The summed E-state index contributed by atoms with van der Waals surface area (Å²) >= 11 is 0. The summed E-state index contributed by atoms with van der Waals surface area (Å²) in [6, 6.07) is 10.0. The summed E-state index contributed by atoms with van der Waals surface area (Å²) < 4.78 is 12.5. The molecule has 1 aromatic heterocycles. The Kier molecular flexibility index (Phi) is 8.83. The van der Waals surface area contributed by atoms with Gasteiger partial charge in [-0.05, 0) is 36.6 Å². The third kappa shape index (κ3) is 6.14. The molecule has 4 rings (SSSR count). The monoisotopic (exact) mass is 512 g/mol. The minimum atomic E-state index is -0.923. The Hall–Kier alpha value is -3.37. The SMILES string of the molecule is CCCCN(CCN)C(=O)CN1C[C@H](c2ccc3c(c2)OCO3)[C@@H](C(=O)O)[C@@H]1CCn1ccccc1=O. The maximum atomic E-state index is 13.3. The van der Waals surface area contributed by atoms with Gasteiger partial charge in [0, 0.05) is 56.9 Å². The average Bonchev–Trinajstić information content (AvgIpc) is 3.50. The first-order valence-electron chi connectivity index (χ1n) is 12.9. The number of carbonyl (C=O) groups excluding carboxylic acids is 1. The lowest BCUT2D eigenvalue weighted by atomic mass is 9.84. The van der Waals surface area contributed by atoms with Crippen LogP contribution in [0.3, 0.4) is 0 Å². The number of benzene rings is 1. The van der Waals surface area contributed by atoms with Crippen molar-refractivity contribution in [3.8, 4) is 11.5 Å². The van der Waals surface area contributed by atoms with Gasteiger partial charge in [-0.1, -0.05) is 25.5 Å². The van der Waals surface area contributed by atoms with Crippen LogP contribution in [-0.2, 0) is 16.1 Å². The molecule has 0 aliphatic carbocycles. The molecule has 0 saturated carbocycles. The highest BCUT2D eigenvalue weighted by Gasteiger charge is 2.47. The van der Waals surface area contributed by atoms with Crippen LogP contribution < -0.4 is 20.8 Å². The molecule has 0 unspecified atom stereocenters. The lowest BCUT2D eigenvalue weighted by molar-refractivity contribution is -0.144. The van der Waals surface area contributed by atoms with Gasteiger partial charge in [0.15, 0.2) is 11.5 Å². The van der Waals surface area contributed by atoms with E-state index >= 15 is 0 Å². The van der Waals surface area contributed by atoms with Crippen molar-refractivity contribution in [2.24, 2.45) is 11.7 Å². The Balaban J connectivity index is 1.61. The number of nitrogens with two attached hydrogens (primary N) is 1. The highest BCUT2D eigenvalue weighted by molar-refractivity contribution is 5.79. The number of fused-ring (bicyclic) bond motifs is 1. The van der Waals surface area contributed by atoms with E-state index in [9.17, 15) is 19.5 Å². The maximum Gasteiger partial charge on any atom is 0.308 e. The molecule has 3 heterocycles. The molecule has 1 fully saturated rings. The zero-order chi connectivity index (χ0) is 26.4. The van der Waals surface area contributed by atoms with Gasteiger partial charge in [0.25, 0.3) is 0 Å². The van der Waals surface area contributed by atoms with E-state index in [2.05, 4.69) is 6.92 Å². The summed E-state index contributed by atoms with van der Waals surface area (Å²) in [5.74, 6) is -0.864. The normalized spacial score (nSPS) is 20.8. The molecule has 3 N–H and O–H groups in total. The van der Waals surface area contributed by atoms with E-state index in [1.165, 1.54) is 6.07 Å². The van der Waals surface area contributed by atoms with Crippen LogP contribution in [0.1, 0.15) is 37.7 Å². The van der Waals surface area contributed by atoms with Crippen LogP contribution in [0.15, 0.2) is 47.4 Å². The number of hydrogen-bond acceptors (Lipinski definition) is 7. The molecule has 37 heavy (non-hydrogen) atoms. The Morgan fingerprint density at radius 3 is 2.70 bits per heavy atom. The fourth-order valence-corrected chi connectivity index (χ4v) is 5.39. The van der Waals surface area contributed by atoms with Gasteiger partial charge in [-0.2, -0.15) is 0 Å². The number of hydrogen-bond donors (Lipinski definition) is 2. The maximum absolute atomic E-state index is 13.3. The van der Waals surface area contributed by atoms with Crippen molar-refractivity contribution in [1.29, 1.82) is 0 Å². The van der Waals surface area contributed by atoms with E-state index in [4.69, 9.17) is 15.2 Å². The number of aryl methyl sites for hydroxylation is 1. The number of carboxylic acids is 1. The van der Waals surface area contributed by atoms with Crippen LogP contribution in [0, 0.1) is 5.92 Å². The van der Waals surface area contributed by atoms with E-state index in [1.807, 2.05) is 17.0 Å². The molecule has 1 amide bonds. The van der Waals surface area contributed by atoms with Crippen LogP contribution in [0.5, 0.6) is 11.5 Å². The minimum absolute atomic E-state index is 0.0590. The van der Waals surface area contributed by atoms with Gasteiger partial charge in [0.2, 0.25) is 18.3 Å². The van der Waals surface area contributed by atoms with Gasteiger partial charge in [-0.15, -0.1) is 0 Å². The van der Waals surface area contributed by atoms with Crippen molar-refractivity contribution in [3.05, 3.63) is 58.5 Å². The highest BCUT2D eigenvalue weighted by atomic mass is 16.7. The molecule has 3 atom stereocenters. The second-order valence-electron chi connectivity index (χ2n) is 9.62. The number of carboxylic acid groups (broad SMARTS) is 1. The highest BCUT2D eigenvalue weighted by Crippen LogP contribution is 2.42. The molecule has 0 radical (unpaired) electrons. The molecule has 2 aromatic rings. The third-order valence-electron chi connectivity index (χ3n) is 7.29. The predicted molar refractivity (Wildman–Crippen MR) is 138 cm³/mol. The first-order valence-corrected chi connectivity index (χ1v) is 12.9. The standard InChI is InChI=1S/C27H36N4O6/c1-2-3-11-30(14-10-28)25(33)17-31-16-20(19-7-8-22-23(15-19)37-18-36-22)26(27(34)35)21(31)9-13-29-12-5-4-6-24(29)32/h4-8,12,15,20-21,26H,2-3,9-11,13-14,16-18,28H2,1H3,(H,34,35)/t20-,21+,26-/m1/s1. The number of ether oxygens (including phenoxy) is 2. The van der Waals surface area contributed by atoms with Crippen LogP contribution in [0.4, 0.5) is 0 Å². The first kappa shape index (κ1) is 26.7. The summed E-state index contributed by atoms with van der Waals surface area (Å²) in [6.45, 7) is 4.52. The van der Waals surface area contributed by atoms with E-state index in [-0.39, 0.29) is 30.7 Å². The van der Waals surface area contributed by atoms with Gasteiger partial charge >= 0.3 is 5.97 Å². The lowest BCUT2D eigenvalue weighted by Gasteiger charge is -2.29. The molecule has 1 aromatic carbocycles. The van der Waals surface area contributed by atoms with Crippen molar-refractivity contribution in [3.63, 3.8) is 0 Å². The molecule has 10 nitrogen and oxygen atoms in total. The molecule has 0 spiro atoms. The summed E-state index contributed by atoms with van der Waals surface area (Å²) in [7, 11) is 0. The summed E-state index contributed by atoms with van der Waals surface area (Å²) in [6.07, 6.45) is 3.95. The molecule has 2 aliphatic rings. The number of likely N-dealkylation sites (tertiary alicyclic amines) is 1. The van der Waals surface area contributed by atoms with Gasteiger partial charge in [-0.3, -0.25) is 19.3 Å². The Morgan fingerprint density at radius 1 is 1.16 bits per heavy atom. The molecular weight excluding hydrogens is 476 g/mol. The number of unbranched alkanes of at least 4 members (excludes halogenated alkanes) is 1. The van der Waals surface area contributed by atoms with Gasteiger partial charge in [0.05, 0.1) is 12.5 Å². The molecule has 1 saturated heterocycles. The number of aliphatic carboxylic acids is 1. The van der Waals surface area contributed by atoms with Crippen LogP contribution in [0.2, 0.25) is 0 Å². The van der Waals surface area contributed by atoms with Crippen LogP contribution in [0.25, 0.3) is 0 Å². The second kappa shape index (κ2) is 12.2. The molecule has 200 valence electrons. The summed E-state index contributed by atoms with van der Waals surface area (Å²) in [4.78, 5) is 42.0. The molecule has 0 bridgehead atoms. The van der Waals surface area contributed by atoms with E-state index in [1.54, 1.807) is 33.9 Å². The fourth-order valence-electron chi connectivity index (χ4n) is 5.39. The quantitative estimate of drug-likeness (QED) is 0.440. The number of aromatic nitrogens is 1. The molecule has 10 heteroatoms. The average molecular weight is 513 g/mol. The first-order chi connectivity index (χ1) is 17.9. The zero-order valence-electron chi connectivity index (χ0n) is 21.3. The van der Waals surface area contributed by atoms with Crippen LogP contribution in [-0.4, -0.2) is 76.9 Å². The van der Waals surface area contributed by atoms with E-state index in [0.29, 0.717) is 50.6 Å². The summed E-state index contributed by atoms with van der Waals surface area (Å²) in [5.41, 5.74) is 6.45. The third-order valence-corrected chi connectivity index (χ3v) is 7.29. The molecular formula is C27H36N4O6. The number of rotatable bonds is 12. The number of carbonyl (C=O) groups is 2. The number of amides is 1. The number of nitrogens with zero attached hydrogens (tertiary/aromatic N) is 3.